The van der Waals surface area contributed by atoms with Crippen LogP contribution in [0, 0.1) is 0 Å². The Labute approximate surface area is 108 Å². The molecule has 1 aliphatic rings. The smallest absolute Gasteiger partial charge is 0.192 e. The van der Waals surface area contributed by atoms with Crippen LogP contribution in [0.4, 0.5) is 0 Å². The molecule has 2 rings (SSSR count). The molecule has 98 valence electrons. The van der Waals surface area contributed by atoms with Crippen LogP contribution in [0.15, 0.2) is 29.3 Å². The van der Waals surface area contributed by atoms with Crippen molar-refractivity contribution >= 4 is 5.96 Å². The highest BCUT2D eigenvalue weighted by molar-refractivity contribution is 5.80. The van der Waals surface area contributed by atoms with Gasteiger partial charge in [0, 0.05) is 13.2 Å². The maximum atomic E-state index is 5.94. The van der Waals surface area contributed by atoms with Gasteiger partial charge in [0.1, 0.15) is 0 Å². The van der Waals surface area contributed by atoms with Gasteiger partial charge in [0.15, 0.2) is 5.96 Å². The van der Waals surface area contributed by atoms with E-state index < -0.39 is 0 Å². The van der Waals surface area contributed by atoms with Crippen LogP contribution in [0.5, 0.6) is 0 Å². The third-order valence-electron chi connectivity index (χ3n) is 3.26. The molecule has 0 saturated heterocycles. The summed E-state index contributed by atoms with van der Waals surface area (Å²) in [6.45, 7) is 5.67. The number of hydrogen-bond acceptors (Lipinski definition) is 4. The minimum Gasteiger partial charge on any atom is -0.380 e. The topological polar surface area (TPSA) is 50.9 Å². The van der Waals surface area contributed by atoms with Crippen LogP contribution in [-0.4, -0.2) is 30.6 Å². The molecular formula is C14H21N3O. The Morgan fingerprint density at radius 3 is 2.61 bits per heavy atom. The molecule has 1 aliphatic heterocycles. The second kappa shape index (κ2) is 5.40. The fraction of sp³-hybridized carbons (Fsp3) is 0.500. The predicted molar refractivity (Wildman–Crippen MR) is 73.4 cm³/mol. The summed E-state index contributed by atoms with van der Waals surface area (Å²) in [7, 11) is 1.71. The summed E-state index contributed by atoms with van der Waals surface area (Å²) in [5.41, 5.74) is 8.38. The van der Waals surface area contributed by atoms with Crippen molar-refractivity contribution in [1.29, 1.82) is 0 Å². The molecule has 0 spiro atoms. The van der Waals surface area contributed by atoms with E-state index in [-0.39, 0.29) is 6.04 Å². The Balaban J connectivity index is 2.16. The van der Waals surface area contributed by atoms with Gasteiger partial charge in [-0.3, -0.25) is 4.99 Å². The molecule has 1 atom stereocenters. The molecule has 0 fully saturated rings. The van der Waals surface area contributed by atoms with Crippen molar-refractivity contribution in [3.8, 4) is 0 Å². The maximum Gasteiger partial charge on any atom is 0.192 e. The van der Waals surface area contributed by atoms with E-state index in [1.807, 2.05) is 0 Å². The van der Waals surface area contributed by atoms with E-state index in [1.54, 1.807) is 7.11 Å². The predicted octanol–water partition coefficient (Wildman–Crippen LogP) is 1.91. The first-order valence-electron chi connectivity index (χ1n) is 6.29. The lowest BCUT2D eigenvalue weighted by atomic mass is 10.0. The summed E-state index contributed by atoms with van der Waals surface area (Å²) in [4.78, 5) is 6.52. The van der Waals surface area contributed by atoms with Crippen molar-refractivity contribution in [3.63, 3.8) is 0 Å². The van der Waals surface area contributed by atoms with E-state index in [0.29, 0.717) is 18.6 Å². The summed E-state index contributed by atoms with van der Waals surface area (Å²) in [5.74, 6) is 0.649. The molecular weight excluding hydrogens is 226 g/mol. The van der Waals surface area contributed by atoms with Crippen molar-refractivity contribution in [2.75, 3.05) is 13.7 Å². The molecule has 0 amide bonds. The minimum atomic E-state index is 0.265. The molecule has 1 unspecified atom stereocenters. The lowest BCUT2D eigenvalue weighted by Crippen LogP contribution is -2.40. The van der Waals surface area contributed by atoms with Gasteiger partial charge in [-0.2, -0.15) is 0 Å². The van der Waals surface area contributed by atoms with Gasteiger partial charge < -0.3 is 15.4 Å². The quantitative estimate of drug-likeness (QED) is 0.884. The number of ether oxygens (including phenoxy) is 1. The highest BCUT2D eigenvalue weighted by atomic mass is 16.5. The zero-order valence-corrected chi connectivity index (χ0v) is 11.3. The third kappa shape index (κ3) is 2.48. The first-order valence-corrected chi connectivity index (χ1v) is 6.29. The summed E-state index contributed by atoms with van der Waals surface area (Å²) >= 11 is 0. The van der Waals surface area contributed by atoms with Gasteiger partial charge in [-0.25, -0.2) is 0 Å². The number of guanidine groups is 1. The molecule has 0 aromatic heterocycles. The third-order valence-corrected chi connectivity index (χ3v) is 3.26. The van der Waals surface area contributed by atoms with Crippen LogP contribution in [0.2, 0.25) is 0 Å². The van der Waals surface area contributed by atoms with Gasteiger partial charge in [0.2, 0.25) is 0 Å². The van der Waals surface area contributed by atoms with Gasteiger partial charge in [-0.05, 0) is 25.0 Å². The molecule has 0 aliphatic carbocycles. The van der Waals surface area contributed by atoms with E-state index in [4.69, 9.17) is 10.5 Å². The molecule has 4 nitrogen and oxygen atoms in total. The van der Waals surface area contributed by atoms with Crippen LogP contribution in [0.3, 0.4) is 0 Å². The van der Waals surface area contributed by atoms with Gasteiger partial charge in [-0.15, -0.1) is 0 Å². The highest BCUT2D eigenvalue weighted by Crippen LogP contribution is 2.27. The Morgan fingerprint density at radius 1 is 1.39 bits per heavy atom. The minimum absolute atomic E-state index is 0.265. The number of benzene rings is 1. The maximum absolute atomic E-state index is 5.94. The molecule has 1 aromatic rings. The molecule has 0 radical (unpaired) electrons. The lowest BCUT2D eigenvalue weighted by Gasteiger charge is -2.30. The Morgan fingerprint density at radius 2 is 2.06 bits per heavy atom. The SMILES string of the molecule is COCc1ccc(C2CN=C(N)N2C(C)C)cc1. The van der Waals surface area contributed by atoms with E-state index in [1.165, 1.54) is 11.1 Å². The number of rotatable bonds is 4. The Hall–Kier alpha value is -1.55. The number of nitrogens with two attached hydrogens (primary N) is 1. The summed E-state index contributed by atoms with van der Waals surface area (Å²) in [5, 5.41) is 0. The summed E-state index contributed by atoms with van der Waals surface area (Å²) in [6, 6.07) is 9.12. The summed E-state index contributed by atoms with van der Waals surface area (Å²) < 4.78 is 5.12. The summed E-state index contributed by atoms with van der Waals surface area (Å²) in [6.07, 6.45) is 0. The molecule has 1 heterocycles. The van der Waals surface area contributed by atoms with Gasteiger partial charge in [0.25, 0.3) is 0 Å². The fourth-order valence-corrected chi connectivity index (χ4v) is 2.40. The molecule has 1 aromatic carbocycles. The second-order valence-corrected chi connectivity index (χ2v) is 4.89. The Kier molecular flexibility index (Phi) is 3.87. The molecule has 18 heavy (non-hydrogen) atoms. The Bertz CT molecular complexity index is 425. The molecule has 0 bridgehead atoms. The zero-order chi connectivity index (χ0) is 13.1. The standard InChI is InChI=1S/C14H21N3O/c1-10(2)17-13(8-16-14(17)15)12-6-4-11(5-7-12)9-18-3/h4-7,10,13H,8-9H2,1-3H3,(H2,15,16). The van der Waals surface area contributed by atoms with Crippen LogP contribution >= 0.6 is 0 Å². The number of methoxy groups -OCH3 is 1. The first-order chi connectivity index (χ1) is 8.63. The van der Waals surface area contributed by atoms with Gasteiger partial charge in [-0.1, -0.05) is 24.3 Å². The van der Waals surface area contributed by atoms with Crippen molar-refractivity contribution in [2.45, 2.75) is 32.5 Å². The number of nitrogens with zero attached hydrogens (tertiary/aromatic N) is 2. The zero-order valence-electron chi connectivity index (χ0n) is 11.3. The van der Waals surface area contributed by atoms with Crippen LogP contribution in [0.25, 0.3) is 0 Å². The van der Waals surface area contributed by atoms with Crippen LogP contribution in [0.1, 0.15) is 31.0 Å². The van der Waals surface area contributed by atoms with Crippen molar-refractivity contribution in [3.05, 3.63) is 35.4 Å². The monoisotopic (exact) mass is 247 g/mol. The molecule has 2 N–H and O–H groups in total. The van der Waals surface area contributed by atoms with Crippen LogP contribution in [-0.2, 0) is 11.3 Å². The van der Waals surface area contributed by atoms with Crippen molar-refractivity contribution < 1.29 is 4.74 Å². The van der Waals surface area contributed by atoms with Gasteiger partial charge >= 0.3 is 0 Å². The van der Waals surface area contributed by atoms with E-state index in [2.05, 4.69) is 48.0 Å². The van der Waals surface area contributed by atoms with E-state index in [9.17, 15) is 0 Å². The van der Waals surface area contributed by atoms with E-state index in [0.717, 1.165) is 6.54 Å². The second-order valence-electron chi connectivity index (χ2n) is 4.89. The van der Waals surface area contributed by atoms with E-state index >= 15 is 0 Å². The average molecular weight is 247 g/mol. The number of hydrogen-bond donors (Lipinski definition) is 1. The largest absolute Gasteiger partial charge is 0.380 e. The highest BCUT2D eigenvalue weighted by Gasteiger charge is 2.29. The average Bonchev–Trinajstić information content (AvgIpc) is 2.73. The van der Waals surface area contributed by atoms with Gasteiger partial charge in [0.05, 0.1) is 19.2 Å². The van der Waals surface area contributed by atoms with Crippen LogP contribution < -0.4 is 5.73 Å². The molecule has 4 heteroatoms. The fourth-order valence-electron chi connectivity index (χ4n) is 2.40. The number of aliphatic imine (C=N–C) groups is 1. The molecule has 0 saturated carbocycles. The normalized spacial score (nSPS) is 19.4. The van der Waals surface area contributed by atoms with Crippen molar-refractivity contribution in [1.82, 2.24) is 4.90 Å². The lowest BCUT2D eigenvalue weighted by molar-refractivity contribution is 0.185. The first kappa shape index (κ1) is 12.9. The van der Waals surface area contributed by atoms with Crippen molar-refractivity contribution in [2.24, 2.45) is 10.7 Å².